The van der Waals surface area contributed by atoms with Crippen LogP contribution in [0.15, 0.2) is 18.2 Å². The highest BCUT2D eigenvalue weighted by molar-refractivity contribution is 6.00. The van der Waals surface area contributed by atoms with Gasteiger partial charge in [0.05, 0.1) is 11.6 Å². The monoisotopic (exact) mass is 502 g/mol. The number of alkyl carbamates (subject to hydrolysis) is 1. The topological polar surface area (TPSA) is 91.0 Å². The Morgan fingerprint density at radius 3 is 2.39 bits per heavy atom. The SMILES string of the molecule is CC(C)(C)OC(=O)NC1CCC(CN2CCN(c3ccc(C4CCC(=O)NC4=O)cc3F)CC2)CC1. The van der Waals surface area contributed by atoms with Crippen LogP contribution in [-0.4, -0.2) is 67.2 Å². The minimum atomic E-state index is -0.484. The number of piperidine rings is 1. The number of rotatable bonds is 5. The lowest BCUT2D eigenvalue weighted by atomic mass is 9.85. The number of benzene rings is 1. The van der Waals surface area contributed by atoms with Gasteiger partial charge in [-0.05, 0) is 76.5 Å². The highest BCUT2D eigenvalue weighted by Gasteiger charge is 2.30. The van der Waals surface area contributed by atoms with Crippen LogP contribution in [0.5, 0.6) is 0 Å². The minimum absolute atomic E-state index is 0.180. The second-order valence-corrected chi connectivity index (χ2v) is 11.4. The summed E-state index contributed by atoms with van der Waals surface area (Å²) in [5.41, 5.74) is 0.707. The number of carbonyl (C=O) groups excluding carboxylic acids is 3. The van der Waals surface area contributed by atoms with Crippen LogP contribution in [0.2, 0.25) is 0 Å². The van der Waals surface area contributed by atoms with Crippen LogP contribution in [0.25, 0.3) is 0 Å². The molecule has 4 rings (SSSR count). The van der Waals surface area contributed by atoms with Crippen LogP contribution in [0.3, 0.4) is 0 Å². The molecule has 0 radical (unpaired) electrons. The number of piperazine rings is 1. The van der Waals surface area contributed by atoms with Crippen molar-refractivity contribution in [2.24, 2.45) is 5.92 Å². The van der Waals surface area contributed by atoms with Crippen molar-refractivity contribution >= 4 is 23.6 Å². The van der Waals surface area contributed by atoms with Crippen molar-refractivity contribution in [3.05, 3.63) is 29.6 Å². The van der Waals surface area contributed by atoms with E-state index in [1.807, 2.05) is 26.8 Å². The lowest BCUT2D eigenvalue weighted by Crippen LogP contribution is -2.49. The van der Waals surface area contributed by atoms with Crippen molar-refractivity contribution in [2.75, 3.05) is 37.6 Å². The third kappa shape index (κ3) is 6.96. The summed E-state index contributed by atoms with van der Waals surface area (Å²) in [5, 5.41) is 5.35. The van der Waals surface area contributed by atoms with Gasteiger partial charge in [0.1, 0.15) is 11.4 Å². The van der Waals surface area contributed by atoms with Crippen LogP contribution in [-0.2, 0) is 14.3 Å². The summed E-state index contributed by atoms with van der Waals surface area (Å²) in [7, 11) is 0. The average Bonchev–Trinajstić information content (AvgIpc) is 2.80. The van der Waals surface area contributed by atoms with Crippen LogP contribution in [0, 0.1) is 11.7 Å². The fraction of sp³-hybridized carbons (Fsp3) is 0.667. The Labute approximate surface area is 212 Å². The van der Waals surface area contributed by atoms with Gasteiger partial charge in [0.2, 0.25) is 11.8 Å². The molecule has 1 saturated carbocycles. The fourth-order valence-corrected chi connectivity index (χ4v) is 5.51. The zero-order chi connectivity index (χ0) is 25.9. The molecule has 3 aliphatic rings. The number of imide groups is 1. The van der Waals surface area contributed by atoms with Crippen molar-refractivity contribution < 1.29 is 23.5 Å². The predicted octanol–water partition coefficient (Wildman–Crippen LogP) is 3.55. The van der Waals surface area contributed by atoms with Gasteiger partial charge in [-0.2, -0.15) is 0 Å². The summed E-state index contributed by atoms with van der Waals surface area (Å²) in [4.78, 5) is 40.1. The molecule has 1 atom stereocenters. The van der Waals surface area contributed by atoms with Crippen molar-refractivity contribution in [3.63, 3.8) is 0 Å². The third-order valence-electron chi connectivity index (χ3n) is 7.41. The first-order valence-corrected chi connectivity index (χ1v) is 13.2. The Morgan fingerprint density at radius 1 is 1.08 bits per heavy atom. The number of nitrogens with one attached hydrogen (secondary N) is 2. The van der Waals surface area contributed by atoms with E-state index in [0.717, 1.165) is 58.4 Å². The van der Waals surface area contributed by atoms with E-state index < -0.39 is 11.5 Å². The van der Waals surface area contributed by atoms with Gasteiger partial charge in [-0.15, -0.1) is 0 Å². The molecule has 1 aliphatic carbocycles. The number of amides is 3. The van der Waals surface area contributed by atoms with Gasteiger partial charge in [0.15, 0.2) is 0 Å². The van der Waals surface area contributed by atoms with E-state index in [4.69, 9.17) is 4.74 Å². The number of ether oxygens (including phenoxy) is 1. The summed E-state index contributed by atoms with van der Waals surface area (Å²) in [6, 6.07) is 5.21. The summed E-state index contributed by atoms with van der Waals surface area (Å²) >= 11 is 0. The van der Waals surface area contributed by atoms with Crippen LogP contribution >= 0.6 is 0 Å². The molecule has 3 amide bonds. The Kier molecular flexibility index (Phi) is 8.17. The second-order valence-electron chi connectivity index (χ2n) is 11.4. The van der Waals surface area contributed by atoms with Crippen LogP contribution in [0.1, 0.15) is 70.8 Å². The second kappa shape index (κ2) is 11.2. The number of hydrogen-bond acceptors (Lipinski definition) is 6. The highest BCUT2D eigenvalue weighted by Crippen LogP contribution is 2.30. The Balaban J connectivity index is 1.21. The molecule has 198 valence electrons. The molecule has 2 N–H and O–H groups in total. The summed E-state index contributed by atoms with van der Waals surface area (Å²) in [6.45, 7) is 9.91. The zero-order valence-corrected chi connectivity index (χ0v) is 21.6. The van der Waals surface area contributed by atoms with Gasteiger partial charge in [-0.3, -0.25) is 19.8 Å². The van der Waals surface area contributed by atoms with Crippen molar-refractivity contribution in [1.82, 2.24) is 15.5 Å². The van der Waals surface area contributed by atoms with E-state index in [1.165, 1.54) is 6.07 Å². The van der Waals surface area contributed by atoms with E-state index in [2.05, 4.69) is 20.4 Å². The quantitative estimate of drug-likeness (QED) is 0.599. The standard InChI is InChI=1S/C27H39FN4O4/c1-27(2,3)36-26(35)29-20-7-4-18(5-8-20)17-31-12-14-32(15-13-31)23-10-6-19(16-22(23)28)21-9-11-24(33)30-25(21)34/h6,10,16,18,20-21H,4-5,7-9,11-15,17H2,1-3H3,(H,29,35)(H,30,33,34). The Hall–Kier alpha value is -2.68. The normalized spacial score (nSPS) is 25.9. The predicted molar refractivity (Wildman–Crippen MR) is 135 cm³/mol. The van der Waals surface area contributed by atoms with Gasteiger partial charge in [0.25, 0.3) is 0 Å². The maximum Gasteiger partial charge on any atom is 0.407 e. The maximum absolute atomic E-state index is 15.0. The van der Waals surface area contributed by atoms with Crippen molar-refractivity contribution in [2.45, 2.75) is 76.9 Å². The Bertz CT molecular complexity index is 963. The molecule has 0 spiro atoms. The van der Waals surface area contributed by atoms with Gasteiger partial charge < -0.3 is 15.0 Å². The fourth-order valence-electron chi connectivity index (χ4n) is 5.51. The molecule has 2 aliphatic heterocycles. The molecular weight excluding hydrogens is 463 g/mol. The number of anilines is 1. The third-order valence-corrected chi connectivity index (χ3v) is 7.41. The van der Waals surface area contributed by atoms with E-state index >= 15 is 0 Å². The number of halogens is 1. The molecule has 8 nitrogen and oxygen atoms in total. The number of nitrogens with zero attached hydrogens (tertiary/aromatic N) is 2. The van der Waals surface area contributed by atoms with Gasteiger partial charge in [-0.1, -0.05) is 6.07 Å². The molecular formula is C27H39FN4O4. The molecule has 0 aromatic heterocycles. The largest absolute Gasteiger partial charge is 0.444 e. The first kappa shape index (κ1) is 26.4. The highest BCUT2D eigenvalue weighted by atomic mass is 19.1. The van der Waals surface area contributed by atoms with Crippen LogP contribution in [0.4, 0.5) is 14.9 Å². The first-order valence-electron chi connectivity index (χ1n) is 13.2. The van der Waals surface area contributed by atoms with Gasteiger partial charge >= 0.3 is 6.09 Å². The number of carbonyl (C=O) groups is 3. The lowest BCUT2D eigenvalue weighted by molar-refractivity contribution is -0.134. The van der Waals surface area contributed by atoms with E-state index in [1.54, 1.807) is 6.07 Å². The average molecular weight is 503 g/mol. The molecule has 3 fully saturated rings. The molecule has 1 aromatic rings. The molecule has 1 unspecified atom stereocenters. The molecule has 2 saturated heterocycles. The van der Waals surface area contributed by atoms with E-state index in [-0.39, 0.29) is 36.2 Å². The summed E-state index contributed by atoms with van der Waals surface area (Å²) in [6.07, 6.45) is 4.46. The molecule has 0 bridgehead atoms. The minimum Gasteiger partial charge on any atom is -0.444 e. The number of hydrogen-bond donors (Lipinski definition) is 2. The summed E-state index contributed by atoms with van der Waals surface area (Å²) < 4.78 is 20.4. The first-order chi connectivity index (χ1) is 17.1. The van der Waals surface area contributed by atoms with E-state index in [0.29, 0.717) is 23.6 Å². The molecule has 36 heavy (non-hydrogen) atoms. The van der Waals surface area contributed by atoms with Crippen molar-refractivity contribution in [1.29, 1.82) is 0 Å². The molecule has 2 heterocycles. The lowest BCUT2D eigenvalue weighted by Gasteiger charge is -2.39. The molecule has 1 aromatic carbocycles. The van der Waals surface area contributed by atoms with E-state index in [9.17, 15) is 18.8 Å². The van der Waals surface area contributed by atoms with Crippen molar-refractivity contribution in [3.8, 4) is 0 Å². The molecule has 9 heteroatoms. The van der Waals surface area contributed by atoms with Gasteiger partial charge in [0, 0.05) is 45.2 Å². The smallest absolute Gasteiger partial charge is 0.407 e. The summed E-state index contributed by atoms with van der Waals surface area (Å²) in [5.74, 6) is -0.796. The Morgan fingerprint density at radius 2 is 1.78 bits per heavy atom. The zero-order valence-electron chi connectivity index (χ0n) is 21.6. The van der Waals surface area contributed by atoms with Crippen LogP contribution < -0.4 is 15.5 Å². The maximum atomic E-state index is 15.0. The van der Waals surface area contributed by atoms with Gasteiger partial charge in [-0.25, -0.2) is 9.18 Å².